The lowest BCUT2D eigenvalue weighted by Gasteiger charge is -2.26. The summed E-state index contributed by atoms with van der Waals surface area (Å²) < 4.78 is 1.97. The fraction of sp³-hybridized carbons (Fsp3) is 0.400. The first-order valence-corrected chi connectivity index (χ1v) is 6.60. The van der Waals surface area contributed by atoms with Crippen molar-refractivity contribution in [3.05, 3.63) is 53.3 Å². The van der Waals surface area contributed by atoms with Gasteiger partial charge in [0.05, 0.1) is 0 Å². The Balaban J connectivity index is 1.73. The molecule has 2 aromatic rings. The molecule has 3 rings (SSSR count). The van der Waals surface area contributed by atoms with Gasteiger partial charge in [0.1, 0.15) is 0 Å². The van der Waals surface area contributed by atoms with E-state index < -0.39 is 0 Å². The van der Waals surface area contributed by atoms with Crippen molar-refractivity contribution in [3.63, 3.8) is 0 Å². The van der Waals surface area contributed by atoms with Gasteiger partial charge in [-0.3, -0.25) is 4.68 Å². The second-order valence-corrected chi connectivity index (χ2v) is 5.01. The summed E-state index contributed by atoms with van der Waals surface area (Å²) in [6.45, 7) is 2.10. The molecule has 1 aliphatic rings. The lowest BCUT2D eigenvalue weighted by atomic mass is 9.87. The second kappa shape index (κ2) is 4.94. The quantitative estimate of drug-likeness (QED) is 0.893. The van der Waals surface area contributed by atoms with Gasteiger partial charge in [0.25, 0.3) is 0 Å². The molecule has 0 saturated carbocycles. The van der Waals surface area contributed by atoms with E-state index in [1.165, 1.54) is 23.2 Å². The molecule has 1 aliphatic heterocycles. The second-order valence-electron chi connectivity index (χ2n) is 5.01. The molecule has 3 nitrogen and oxygen atoms in total. The van der Waals surface area contributed by atoms with Crippen LogP contribution in [0.15, 0.2) is 36.5 Å². The number of rotatable bonds is 3. The molecule has 0 amide bonds. The van der Waals surface area contributed by atoms with Crippen LogP contribution >= 0.6 is 0 Å². The van der Waals surface area contributed by atoms with Gasteiger partial charge in [-0.05, 0) is 36.0 Å². The Bertz CT molecular complexity index is 530. The Labute approximate surface area is 108 Å². The third-order valence-electron chi connectivity index (χ3n) is 3.87. The molecule has 0 fully saturated rings. The van der Waals surface area contributed by atoms with E-state index in [0.717, 1.165) is 19.5 Å². The van der Waals surface area contributed by atoms with E-state index in [-0.39, 0.29) is 0 Å². The number of hydrogen-bond donors (Lipinski definition) is 1. The van der Waals surface area contributed by atoms with E-state index in [0.29, 0.717) is 5.92 Å². The molecule has 0 saturated heterocycles. The maximum Gasteiger partial charge on any atom is 0.0492 e. The normalized spacial score (nSPS) is 18.6. The lowest BCUT2D eigenvalue weighted by Crippen LogP contribution is -2.28. The average molecular weight is 241 g/mol. The number of aryl methyl sites for hydroxylation is 2. The summed E-state index contributed by atoms with van der Waals surface area (Å²) in [4.78, 5) is 0. The fourth-order valence-electron chi connectivity index (χ4n) is 2.81. The molecule has 3 heteroatoms. The van der Waals surface area contributed by atoms with E-state index in [1.807, 2.05) is 17.9 Å². The Morgan fingerprint density at radius 2 is 2.22 bits per heavy atom. The van der Waals surface area contributed by atoms with Crippen molar-refractivity contribution in [2.24, 2.45) is 7.05 Å². The number of aromatic nitrogens is 2. The van der Waals surface area contributed by atoms with E-state index in [9.17, 15) is 0 Å². The predicted octanol–water partition coefficient (Wildman–Crippen LogP) is 2.24. The molecule has 2 heterocycles. The number of nitrogens with zero attached hydrogens (tertiary/aromatic N) is 2. The summed E-state index contributed by atoms with van der Waals surface area (Å²) in [5.41, 5.74) is 4.30. The van der Waals surface area contributed by atoms with Gasteiger partial charge in [-0.1, -0.05) is 24.3 Å². The first kappa shape index (κ1) is 11.5. The number of nitrogens with one attached hydrogen (secondary N) is 1. The van der Waals surface area contributed by atoms with Gasteiger partial charge < -0.3 is 5.32 Å². The zero-order valence-electron chi connectivity index (χ0n) is 10.8. The molecular weight excluding hydrogens is 222 g/mol. The zero-order valence-corrected chi connectivity index (χ0v) is 10.8. The highest BCUT2D eigenvalue weighted by Crippen LogP contribution is 2.27. The van der Waals surface area contributed by atoms with Gasteiger partial charge in [-0.15, -0.1) is 0 Å². The molecule has 0 aliphatic carbocycles. The highest BCUT2D eigenvalue weighted by molar-refractivity contribution is 5.32. The molecule has 0 bridgehead atoms. The molecular formula is C15H19N3. The third kappa shape index (κ3) is 2.18. The van der Waals surface area contributed by atoms with Crippen LogP contribution in [0.3, 0.4) is 0 Å². The van der Waals surface area contributed by atoms with Crippen LogP contribution in [0, 0.1) is 0 Å². The molecule has 94 valence electrons. The molecule has 1 aromatic heterocycles. The number of hydrogen-bond acceptors (Lipinski definition) is 2. The van der Waals surface area contributed by atoms with E-state index >= 15 is 0 Å². The topological polar surface area (TPSA) is 29.9 Å². The number of benzene rings is 1. The molecule has 0 radical (unpaired) electrons. The van der Waals surface area contributed by atoms with Crippen LogP contribution in [0.5, 0.6) is 0 Å². The van der Waals surface area contributed by atoms with Crippen molar-refractivity contribution in [1.29, 1.82) is 0 Å². The third-order valence-corrected chi connectivity index (χ3v) is 3.87. The molecule has 0 spiro atoms. The zero-order chi connectivity index (χ0) is 12.4. The van der Waals surface area contributed by atoms with Crippen molar-refractivity contribution >= 4 is 0 Å². The number of fused-ring (bicyclic) bond motifs is 1. The first-order chi connectivity index (χ1) is 8.84. The summed E-state index contributed by atoms with van der Waals surface area (Å²) in [6, 6.07) is 10.9. The molecule has 1 aromatic carbocycles. The SMILES string of the molecule is Cn1nccc1CCC1CNCc2ccccc21. The summed E-state index contributed by atoms with van der Waals surface area (Å²) in [6.07, 6.45) is 4.16. The van der Waals surface area contributed by atoms with Crippen LogP contribution in [0.1, 0.15) is 29.2 Å². The van der Waals surface area contributed by atoms with Crippen LogP contribution in [0.4, 0.5) is 0 Å². The van der Waals surface area contributed by atoms with Crippen molar-refractivity contribution in [1.82, 2.24) is 15.1 Å². The summed E-state index contributed by atoms with van der Waals surface area (Å²) in [7, 11) is 2.02. The molecule has 1 unspecified atom stereocenters. The average Bonchev–Trinajstić information content (AvgIpc) is 2.82. The summed E-state index contributed by atoms with van der Waals surface area (Å²) >= 11 is 0. The van der Waals surface area contributed by atoms with Crippen molar-refractivity contribution < 1.29 is 0 Å². The van der Waals surface area contributed by atoms with Crippen LogP contribution in [0.2, 0.25) is 0 Å². The van der Waals surface area contributed by atoms with Gasteiger partial charge in [0, 0.05) is 32.0 Å². The minimum atomic E-state index is 0.629. The Hall–Kier alpha value is -1.61. The largest absolute Gasteiger partial charge is 0.312 e. The lowest BCUT2D eigenvalue weighted by molar-refractivity contribution is 0.507. The first-order valence-electron chi connectivity index (χ1n) is 6.60. The van der Waals surface area contributed by atoms with Gasteiger partial charge in [0.2, 0.25) is 0 Å². The Kier molecular flexibility index (Phi) is 3.15. The van der Waals surface area contributed by atoms with Crippen molar-refractivity contribution in [2.75, 3.05) is 6.54 Å². The minimum Gasteiger partial charge on any atom is -0.312 e. The maximum absolute atomic E-state index is 4.23. The van der Waals surface area contributed by atoms with Crippen LogP contribution in [-0.4, -0.2) is 16.3 Å². The highest BCUT2D eigenvalue weighted by atomic mass is 15.2. The Morgan fingerprint density at radius 1 is 1.33 bits per heavy atom. The predicted molar refractivity (Wildman–Crippen MR) is 72.4 cm³/mol. The Morgan fingerprint density at radius 3 is 3.06 bits per heavy atom. The van der Waals surface area contributed by atoms with E-state index in [1.54, 1.807) is 0 Å². The van der Waals surface area contributed by atoms with Crippen LogP contribution in [-0.2, 0) is 20.0 Å². The summed E-state index contributed by atoms with van der Waals surface area (Å²) in [5, 5.41) is 7.74. The standard InChI is InChI=1S/C15H19N3/c1-18-14(8-9-17-18)7-6-13-11-16-10-12-4-2-3-5-15(12)13/h2-5,8-9,13,16H,6-7,10-11H2,1H3. The maximum atomic E-state index is 4.23. The molecule has 1 N–H and O–H groups in total. The van der Waals surface area contributed by atoms with Crippen molar-refractivity contribution in [3.8, 4) is 0 Å². The van der Waals surface area contributed by atoms with Crippen LogP contribution in [0.25, 0.3) is 0 Å². The van der Waals surface area contributed by atoms with Gasteiger partial charge in [-0.2, -0.15) is 5.10 Å². The van der Waals surface area contributed by atoms with E-state index in [4.69, 9.17) is 0 Å². The summed E-state index contributed by atoms with van der Waals surface area (Å²) in [5.74, 6) is 0.629. The van der Waals surface area contributed by atoms with Crippen LogP contribution < -0.4 is 5.32 Å². The highest BCUT2D eigenvalue weighted by Gasteiger charge is 2.19. The monoisotopic (exact) mass is 241 g/mol. The van der Waals surface area contributed by atoms with E-state index in [2.05, 4.69) is 40.7 Å². The molecule has 1 atom stereocenters. The van der Waals surface area contributed by atoms with Crippen molar-refractivity contribution in [2.45, 2.75) is 25.3 Å². The van der Waals surface area contributed by atoms with Gasteiger partial charge >= 0.3 is 0 Å². The minimum absolute atomic E-state index is 0.629. The fourth-order valence-corrected chi connectivity index (χ4v) is 2.81. The smallest absolute Gasteiger partial charge is 0.0492 e. The van der Waals surface area contributed by atoms with Gasteiger partial charge in [-0.25, -0.2) is 0 Å². The molecule has 18 heavy (non-hydrogen) atoms. The van der Waals surface area contributed by atoms with Gasteiger partial charge in [0.15, 0.2) is 0 Å².